The molecule has 19 heavy (non-hydrogen) atoms. The number of sulfonamides is 1. The SMILES string of the molecule is Cc1ncsc1C(=O)NCc1ccc(S(N)(=O)=O)s1. The van der Waals surface area contributed by atoms with E-state index in [1.807, 2.05) is 0 Å². The Hall–Kier alpha value is -1.29. The lowest BCUT2D eigenvalue weighted by Crippen LogP contribution is -2.22. The highest BCUT2D eigenvalue weighted by molar-refractivity contribution is 7.91. The predicted molar refractivity (Wildman–Crippen MR) is 73.7 cm³/mol. The number of carbonyl (C=O) groups is 1. The molecule has 0 aliphatic carbocycles. The first kappa shape index (κ1) is 14.1. The quantitative estimate of drug-likeness (QED) is 0.881. The molecule has 0 saturated carbocycles. The van der Waals surface area contributed by atoms with Crippen LogP contribution in [-0.4, -0.2) is 19.3 Å². The summed E-state index contributed by atoms with van der Waals surface area (Å²) < 4.78 is 22.3. The van der Waals surface area contributed by atoms with Gasteiger partial charge < -0.3 is 5.32 Å². The lowest BCUT2D eigenvalue weighted by molar-refractivity contribution is 0.0954. The zero-order valence-corrected chi connectivity index (χ0v) is 12.4. The molecule has 3 N–H and O–H groups in total. The minimum atomic E-state index is -3.67. The highest BCUT2D eigenvalue weighted by Crippen LogP contribution is 2.20. The molecule has 0 aliphatic heterocycles. The van der Waals surface area contributed by atoms with Crippen LogP contribution in [0.2, 0.25) is 0 Å². The Morgan fingerprint density at radius 3 is 2.74 bits per heavy atom. The van der Waals surface area contributed by atoms with Gasteiger partial charge in [0.2, 0.25) is 10.0 Å². The fourth-order valence-electron chi connectivity index (χ4n) is 1.37. The van der Waals surface area contributed by atoms with E-state index in [1.54, 1.807) is 18.5 Å². The molecule has 102 valence electrons. The van der Waals surface area contributed by atoms with Gasteiger partial charge in [-0.15, -0.1) is 22.7 Å². The molecule has 1 amide bonds. The number of hydrogen-bond acceptors (Lipinski definition) is 6. The van der Waals surface area contributed by atoms with Gasteiger partial charge in [0, 0.05) is 4.88 Å². The molecule has 2 heterocycles. The predicted octanol–water partition coefficient (Wildman–Crippen LogP) is 1.09. The number of aromatic nitrogens is 1. The van der Waals surface area contributed by atoms with Crippen LogP contribution >= 0.6 is 22.7 Å². The van der Waals surface area contributed by atoms with Crippen molar-refractivity contribution in [2.45, 2.75) is 17.7 Å². The summed E-state index contributed by atoms with van der Waals surface area (Å²) in [5.41, 5.74) is 2.29. The minimum absolute atomic E-state index is 0.0886. The van der Waals surface area contributed by atoms with Gasteiger partial charge in [-0.2, -0.15) is 0 Å². The van der Waals surface area contributed by atoms with E-state index in [4.69, 9.17) is 5.14 Å². The van der Waals surface area contributed by atoms with Crippen LogP contribution in [0.4, 0.5) is 0 Å². The molecule has 0 atom stereocenters. The second kappa shape index (κ2) is 5.37. The van der Waals surface area contributed by atoms with Crippen molar-refractivity contribution in [3.05, 3.63) is 33.1 Å². The summed E-state index contributed by atoms with van der Waals surface area (Å²) in [7, 11) is -3.67. The van der Waals surface area contributed by atoms with E-state index in [-0.39, 0.29) is 16.7 Å². The fourth-order valence-corrected chi connectivity index (χ4v) is 3.81. The molecule has 0 unspecified atom stereocenters. The third kappa shape index (κ3) is 3.38. The van der Waals surface area contributed by atoms with Crippen molar-refractivity contribution >= 4 is 38.6 Å². The zero-order chi connectivity index (χ0) is 14.0. The molecule has 0 saturated heterocycles. The molecule has 0 aromatic carbocycles. The molecule has 2 rings (SSSR count). The highest BCUT2D eigenvalue weighted by Gasteiger charge is 2.14. The Morgan fingerprint density at radius 1 is 1.47 bits per heavy atom. The number of carbonyl (C=O) groups excluding carboxylic acids is 1. The number of primary sulfonamides is 1. The van der Waals surface area contributed by atoms with Gasteiger partial charge in [-0.3, -0.25) is 4.79 Å². The molecule has 2 aromatic rings. The molecular formula is C10H11N3O3S3. The summed E-state index contributed by atoms with van der Waals surface area (Å²) in [5, 5.41) is 7.72. The first-order valence-electron chi connectivity index (χ1n) is 5.17. The normalized spacial score (nSPS) is 11.5. The summed E-state index contributed by atoms with van der Waals surface area (Å²) in [6.45, 7) is 2.02. The van der Waals surface area contributed by atoms with Crippen molar-refractivity contribution in [3.8, 4) is 0 Å². The fraction of sp³-hybridized carbons (Fsp3) is 0.200. The van der Waals surface area contributed by atoms with Gasteiger partial charge in [0.25, 0.3) is 5.91 Å². The van der Waals surface area contributed by atoms with E-state index in [2.05, 4.69) is 10.3 Å². The van der Waals surface area contributed by atoms with Gasteiger partial charge in [0.05, 0.1) is 17.7 Å². The van der Waals surface area contributed by atoms with E-state index >= 15 is 0 Å². The summed E-state index contributed by atoms with van der Waals surface area (Å²) >= 11 is 2.31. The first-order chi connectivity index (χ1) is 8.88. The Labute approximate surface area is 118 Å². The van der Waals surface area contributed by atoms with E-state index in [9.17, 15) is 13.2 Å². The number of thiazole rings is 1. The Morgan fingerprint density at radius 2 is 2.21 bits per heavy atom. The molecule has 9 heteroatoms. The van der Waals surface area contributed by atoms with E-state index in [0.717, 1.165) is 16.2 Å². The number of hydrogen-bond donors (Lipinski definition) is 2. The molecule has 0 aliphatic rings. The van der Waals surface area contributed by atoms with Crippen molar-refractivity contribution in [1.82, 2.24) is 10.3 Å². The standard InChI is InChI=1S/C10H11N3O3S3/c1-6-9(17-5-13-6)10(14)12-4-7-2-3-8(18-7)19(11,15)16/h2-3,5H,4H2,1H3,(H,12,14)(H2,11,15,16). The van der Waals surface area contributed by atoms with Gasteiger partial charge in [0.1, 0.15) is 9.09 Å². The minimum Gasteiger partial charge on any atom is -0.346 e. The number of nitrogens with zero attached hydrogens (tertiary/aromatic N) is 1. The third-order valence-electron chi connectivity index (χ3n) is 2.29. The lowest BCUT2D eigenvalue weighted by Gasteiger charge is -2.01. The zero-order valence-electron chi connectivity index (χ0n) is 9.91. The number of rotatable bonds is 4. The van der Waals surface area contributed by atoms with Crippen LogP contribution in [0.5, 0.6) is 0 Å². The van der Waals surface area contributed by atoms with Crippen molar-refractivity contribution in [1.29, 1.82) is 0 Å². The number of nitrogens with two attached hydrogens (primary N) is 1. The van der Waals surface area contributed by atoms with Crippen LogP contribution in [0, 0.1) is 6.92 Å². The van der Waals surface area contributed by atoms with Gasteiger partial charge in [0.15, 0.2) is 0 Å². The maximum absolute atomic E-state index is 11.8. The summed E-state index contributed by atoms with van der Waals surface area (Å²) in [6.07, 6.45) is 0. The van der Waals surface area contributed by atoms with Gasteiger partial charge in [-0.25, -0.2) is 18.5 Å². The van der Waals surface area contributed by atoms with Gasteiger partial charge >= 0.3 is 0 Å². The van der Waals surface area contributed by atoms with Crippen molar-refractivity contribution in [2.75, 3.05) is 0 Å². The Bertz CT molecular complexity index is 702. The van der Waals surface area contributed by atoms with Crippen LogP contribution in [0.1, 0.15) is 20.2 Å². The van der Waals surface area contributed by atoms with E-state index in [0.29, 0.717) is 10.6 Å². The Balaban J connectivity index is 2.02. The van der Waals surface area contributed by atoms with Crippen LogP contribution in [0.15, 0.2) is 21.9 Å². The lowest BCUT2D eigenvalue weighted by atomic mass is 10.3. The summed E-state index contributed by atoms with van der Waals surface area (Å²) in [4.78, 5) is 17.1. The molecule has 2 aromatic heterocycles. The third-order valence-corrected chi connectivity index (χ3v) is 5.74. The monoisotopic (exact) mass is 317 g/mol. The molecule has 6 nitrogen and oxygen atoms in total. The average molecular weight is 317 g/mol. The second-order valence-electron chi connectivity index (χ2n) is 3.72. The Kier molecular flexibility index (Phi) is 3.99. The van der Waals surface area contributed by atoms with Gasteiger partial charge in [-0.05, 0) is 19.1 Å². The maximum atomic E-state index is 11.8. The average Bonchev–Trinajstić information content (AvgIpc) is 2.93. The van der Waals surface area contributed by atoms with Crippen LogP contribution < -0.4 is 10.5 Å². The molecular weight excluding hydrogens is 306 g/mol. The molecule has 0 fully saturated rings. The van der Waals surface area contributed by atoms with E-state index in [1.165, 1.54) is 17.4 Å². The first-order valence-corrected chi connectivity index (χ1v) is 8.42. The molecule has 0 bridgehead atoms. The number of amides is 1. The van der Waals surface area contributed by atoms with Crippen LogP contribution in [0.3, 0.4) is 0 Å². The number of thiophene rings is 1. The smallest absolute Gasteiger partial charge is 0.263 e. The molecule has 0 radical (unpaired) electrons. The topological polar surface area (TPSA) is 102 Å². The number of aryl methyl sites for hydroxylation is 1. The van der Waals surface area contributed by atoms with Crippen LogP contribution in [-0.2, 0) is 16.6 Å². The molecule has 0 spiro atoms. The summed E-state index contributed by atoms with van der Waals surface area (Å²) in [5.74, 6) is -0.217. The largest absolute Gasteiger partial charge is 0.346 e. The summed E-state index contributed by atoms with van der Waals surface area (Å²) in [6, 6.07) is 3.06. The van der Waals surface area contributed by atoms with Gasteiger partial charge in [-0.1, -0.05) is 0 Å². The maximum Gasteiger partial charge on any atom is 0.263 e. The van der Waals surface area contributed by atoms with Crippen molar-refractivity contribution in [2.24, 2.45) is 5.14 Å². The van der Waals surface area contributed by atoms with Crippen molar-refractivity contribution < 1.29 is 13.2 Å². The van der Waals surface area contributed by atoms with Crippen molar-refractivity contribution in [3.63, 3.8) is 0 Å². The second-order valence-corrected chi connectivity index (χ2v) is 7.53. The van der Waals surface area contributed by atoms with Crippen LogP contribution in [0.25, 0.3) is 0 Å². The highest BCUT2D eigenvalue weighted by atomic mass is 32.2. The number of nitrogens with one attached hydrogen (secondary N) is 1. The van der Waals surface area contributed by atoms with E-state index < -0.39 is 10.0 Å².